The van der Waals surface area contributed by atoms with Crippen molar-refractivity contribution >= 4 is 33.2 Å². The summed E-state index contributed by atoms with van der Waals surface area (Å²) >= 11 is 3.17. The summed E-state index contributed by atoms with van der Waals surface area (Å²) in [5.74, 6) is -0.500. The van der Waals surface area contributed by atoms with Crippen molar-refractivity contribution in [3.05, 3.63) is 62.4 Å². The molecule has 0 saturated carbocycles. The van der Waals surface area contributed by atoms with Gasteiger partial charge < -0.3 is 5.32 Å². The fourth-order valence-electron chi connectivity index (χ4n) is 1.63. The van der Waals surface area contributed by atoms with Crippen LogP contribution in [0.25, 0.3) is 0 Å². The summed E-state index contributed by atoms with van der Waals surface area (Å²) in [4.78, 5) is 26.4. The quantitative estimate of drug-likeness (QED) is 0.529. The number of halogens is 1. The minimum atomic E-state index is -0.538. The van der Waals surface area contributed by atoms with Crippen LogP contribution in [0.15, 0.2) is 41.0 Å². The standard InChI is InChI=1S/C13H10BrN3O3/c1-8-5-6-11(17(19)20)10(7-8)16-13(18)9-3-2-4-12(14)15-9/h2-7H,1H3,(H,16,18). The number of nitro groups is 1. The molecule has 0 unspecified atom stereocenters. The van der Waals surface area contributed by atoms with Crippen molar-refractivity contribution in [2.24, 2.45) is 0 Å². The largest absolute Gasteiger partial charge is 0.315 e. The summed E-state index contributed by atoms with van der Waals surface area (Å²) in [5.41, 5.74) is 0.990. The number of hydrogen-bond acceptors (Lipinski definition) is 4. The molecule has 102 valence electrons. The molecule has 2 aromatic rings. The number of carbonyl (C=O) groups excluding carboxylic acids is 1. The monoisotopic (exact) mass is 335 g/mol. The maximum absolute atomic E-state index is 12.0. The fourth-order valence-corrected chi connectivity index (χ4v) is 1.97. The van der Waals surface area contributed by atoms with E-state index in [-0.39, 0.29) is 17.1 Å². The van der Waals surface area contributed by atoms with Crippen LogP contribution in [0.1, 0.15) is 16.1 Å². The van der Waals surface area contributed by atoms with Gasteiger partial charge in [0.1, 0.15) is 16.0 Å². The molecular formula is C13H10BrN3O3. The summed E-state index contributed by atoms with van der Waals surface area (Å²) in [6.07, 6.45) is 0. The van der Waals surface area contributed by atoms with E-state index in [0.29, 0.717) is 4.60 Å². The molecule has 2 rings (SSSR count). The molecule has 0 aliphatic carbocycles. The van der Waals surface area contributed by atoms with Gasteiger partial charge in [-0.1, -0.05) is 12.1 Å². The number of nitrogens with one attached hydrogen (secondary N) is 1. The van der Waals surface area contributed by atoms with Gasteiger partial charge in [0.25, 0.3) is 11.6 Å². The van der Waals surface area contributed by atoms with Crippen LogP contribution in [0.2, 0.25) is 0 Å². The summed E-state index contributed by atoms with van der Waals surface area (Å²) < 4.78 is 0.517. The molecule has 0 saturated heterocycles. The molecule has 1 aromatic carbocycles. The number of nitrogens with zero attached hydrogens (tertiary/aromatic N) is 2. The van der Waals surface area contributed by atoms with Gasteiger partial charge in [-0.05, 0) is 46.6 Å². The van der Waals surface area contributed by atoms with E-state index in [4.69, 9.17) is 0 Å². The van der Waals surface area contributed by atoms with Crippen LogP contribution >= 0.6 is 15.9 Å². The molecular weight excluding hydrogens is 326 g/mol. The highest BCUT2D eigenvalue weighted by atomic mass is 79.9. The Morgan fingerprint density at radius 2 is 2.10 bits per heavy atom. The van der Waals surface area contributed by atoms with Crippen molar-refractivity contribution in [2.75, 3.05) is 5.32 Å². The van der Waals surface area contributed by atoms with Gasteiger partial charge in [0.05, 0.1) is 4.92 Å². The van der Waals surface area contributed by atoms with Crippen LogP contribution in [0.5, 0.6) is 0 Å². The first-order valence-electron chi connectivity index (χ1n) is 5.66. The number of benzene rings is 1. The molecule has 0 radical (unpaired) electrons. The highest BCUT2D eigenvalue weighted by Gasteiger charge is 2.17. The van der Waals surface area contributed by atoms with Gasteiger partial charge in [0.2, 0.25) is 0 Å². The maximum atomic E-state index is 12.0. The van der Waals surface area contributed by atoms with Crippen molar-refractivity contribution in [3.63, 3.8) is 0 Å². The normalized spacial score (nSPS) is 10.1. The fraction of sp³-hybridized carbons (Fsp3) is 0.0769. The molecule has 20 heavy (non-hydrogen) atoms. The lowest BCUT2D eigenvalue weighted by Crippen LogP contribution is -2.14. The van der Waals surface area contributed by atoms with E-state index >= 15 is 0 Å². The number of carbonyl (C=O) groups is 1. The van der Waals surface area contributed by atoms with Gasteiger partial charge in [0.15, 0.2) is 0 Å². The average Bonchev–Trinajstić information content (AvgIpc) is 2.38. The Kier molecular flexibility index (Phi) is 4.09. The highest BCUT2D eigenvalue weighted by molar-refractivity contribution is 9.10. The SMILES string of the molecule is Cc1ccc([N+](=O)[O-])c(NC(=O)c2cccc(Br)n2)c1. The number of amides is 1. The van der Waals surface area contributed by atoms with Gasteiger partial charge in [-0.2, -0.15) is 0 Å². The molecule has 0 spiro atoms. The minimum absolute atomic E-state index is 0.154. The van der Waals surface area contributed by atoms with Crippen LogP contribution in [0.4, 0.5) is 11.4 Å². The van der Waals surface area contributed by atoms with Gasteiger partial charge in [-0.15, -0.1) is 0 Å². The van der Waals surface area contributed by atoms with Gasteiger partial charge in [-0.3, -0.25) is 14.9 Å². The molecule has 6 nitrogen and oxygen atoms in total. The van der Waals surface area contributed by atoms with Crippen molar-refractivity contribution in [1.29, 1.82) is 0 Å². The predicted octanol–water partition coefficient (Wildman–Crippen LogP) is 3.31. The van der Waals surface area contributed by atoms with Crippen LogP contribution in [-0.2, 0) is 0 Å². The molecule has 1 aromatic heterocycles. The zero-order valence-electron chi connectivity index (χ0n) is 10.5. The third-order valence-corrected chi connectivity index (χ3v) is 2.99. The lowest BCUT2D eigenvalue weighted by atomic mass is 10.2. The Bertz CT molecular complexity index is 688. The van der Waals surface area contributed by atoms with Crippen molar-refractivity contribution in [2.45, 2.75) is 6.92 Å². The van der Waals surface area contributed by atoms with Crippen LogP contribution in [0, 0.1) is 17.0 Å². The summed E-state index contributed by atoms with van der Waals surface area (Å²) in [5, 5.41) is 13.4. The number of hydrogen-bond donors (Lipinski definition) is 1. The van der Waals surface area contributed by atoms with E-state index in [9.17, 15) is 14.9 Å². The zero-order chi connectivity index (χ0) is 14.7. The number of aromatic nitrogens is 1. The van der Waals surface area contributed by atoms with Crippen molar-refractivity contribution in [3.8, 4) is 0 Å². The summed E-state index contributed by atoms with van der Waals surface area (Å²) in [7, 11) is 0. The second-order valence-corrected chi connectivity index (χ2v) is 4.89. The second kappa shape index (κ2) is 5.79. The minimum Gasteiger partial charge on any atom is -0.315 e. The van der Waals surface area contributed by atoms with Gasteiger partial charge in [0, 0.05) is 6.07 Å². The molecule has 0 bridgehead atoms. The van der Waals surface area contributed by atoms with E-state index in [1.165, 1.54) is 12.1 Å². The predicted molar refractivity (Wildman–Crippen MR) is 77.7 cm³/mol. The number of nitro benzene ring substituents is 1. The lowest BCUT2D eigenvalue weighted by Gasteiger charge is -2.06. The Morgan fingerprint density at radius 1 is 1.35 bits per heavy atom. The van der Waals surface area contributed by atoms with E-state index in [2.05, 4.69) is 26.2 Å². The Labute approximate surface area is 123 Å². The van der Waals surface area contributed by atoms with Crippen LogP contribution < -0.4 is 5.32 Å². The molecule has 7 heteroatoms. The first kappa shape index (κ1) is 14.1. The maximum Gasteiger partial charge on any atom is 0.292 e. The number of rotatable bonds is 3. The van der Waals surface area contributed by atoms with Crippen molar-refractivity contribution < 1.29 is 9.72 Å². The Balaban J connectivity index is 2.32. The number of pyridine rings is 1. The number of aryl methyl sites for hydroxylation is 1. The summed E-state index contributed by atoms with van der Waals surface area (Å²) in [6.45, 7) is 1.79. The molecule has 1 amide bonds. The lowest BCUT2D eigenvalue weighted by molar-refractivity contribution is -0.383. The topological polar surface area (TPSA) is 85.1 Å². The molecule has 0 aliphatic rings. The summed E-state index contributed by atoms with van der Waals surface area (Å²) in [6, 6.07) is 9.41. The Morgan fingerprint density at radius 3 is 2.75 bits per heavy atom. The third-order valence-electron chi connectivity index (χ3n) is 2.54. The Hall–Kier alpha value is -2.28. The molecule has 1 heterocycles. The van der Waals surface area contributed by atoms with Crippen molar-refractivity contribution in [1.82, 2.24) is 4.98 Å². The average molecular weight is 336 g/mol. The van der Waals surface area contributed by atoms with E-state index < -0.39 is 10.8 Å². The van der Waals surface area contributed by atoms with E-state index in [1.54, 1.807) is 31.2 Å². The highest BCUT2D eigenvalue weighted by Crippen LogP contribution is 2.25. The molecule has 1 N–H and O–H groups in total. The van der Waals surface area contributed by atoms with Gasteiger partial charge >= 0.3 is 0 Å². The molecule has 0 atom stereocenters. The first-order chi connectivity index (χ1) is 9.47. The van der Waals surface area contributed by atoms with E-state index in [1.807, 2.05) is 0 Å². The number of anilines is 1. The first-order valence-corrected chi connectivity index (χ1v) is 6.45. The second-order valence-electron chi connectivity index (χ2n) is 4.08. The molecule has 0 fully saturated rings. The molecule has 0 aliphatic heterocycles. The third kappa shape index (κ3) is 3.18. The van der Waals surface area contributed by atoms with Crippen LogP contribution in [0.3, 0.4) is 0 Å². The van der Waals surface area contributed by atoms with E-state index in [0.717, 1.165) is 5.56 Å². The zero-order valence-corrected chi connectivity index (χ0v) is 12.0. The smallest absolute Gasteiger partial charge is 0.292 e. The van der Waals surface area contributed by atoms with Gasteiger partial charge in [-0.25, -0.2) is 4.98 Å². The van der Waals surface area contributed by atoms with Crippen LogP contribution in [-0.4, -0.2) is 15.8 Å².